The van der Waals surface area contributed by atoms with Crippen molar-refractivity contribution in [1.29, 1.82) is 0 Å². The van der Waals surface area contributed by atoms with E-state index in [0.29, 0.717) is 12.5 Å². The second-order valence-electron chi connectivity index (χ2n) is 8.19. The molecule has 0 aromatic heterocycles. The summed E-state index contributed by atoms with van der Waals surface area (Å²) in [6, 6.07) is 15.3. The Labute approximate surface area is 174 Å². The molecule has 0 radical (unpaired) electrons. The number of likely N-dealkylation sites (N-methyl/N-ethyl adjacent to an activating group) is 1. The van der Waals surface area contributed by atoms with Gasteiger partial charge in [-0.1, -0.05) is 37.3 Å². The normalized spacial score (nSPS) is 18.0. The second-order valence-corrected chi connectivity index (χ2v) is 8.19. The third-order valence-electron chi connectivity index (χ3n) is 6.14. The SMILES string of the molecule is CCN1CCN(Cc2ccc(CN=C(N)Nc3ccc4c(c3)CCC4)cc2)CC1. The lowest BCUT2D eigenvalue weighted by atomic mass is 10.1. The summed E-state index contributed by atoms with van der Waals surface area (Å²) in [5.74, 6) is 0.473. The van der Waals surface area contributed by atoms with Crippen LogP contribution in [-0.2, 0) is 25.9 Å². The molecule has 3 N–H and O–H groups in total. The van der Waals surface area contributed by atoms with Gasteiger partial charge in [0.25, 0.3) is 0 Å². The third kappa shape index (κ3) is 5.37. The van der Waals surface area contributed by atoms with Crippen LogP contribution in [0.5, 0.6) is 0 Å². The predicted molar refractivity (Wildman–Crippen MR) is 121 cm³/mol. The summed E-state index contributed by atoms with van der Waals surface area (Å²) in [5.41, 5.74) is 12.6. The van der Waals surface area contributed by atoms with E-state index in [9.17, 15) is 0 Å². The average Bonchev–Trinajstić information content (AvgIpc) is 3.22. The molecule has 0 unspecified atom stereocenters. The van der Waals surface area contributed by atoms with Gasteiger partial charge in [-0.15, -0.1) is 0 Å². The molecule has 0 amide bonds. The maximum absolute atomic E-state index is 6.10. The van der Waals surface area contributed by atoms with E-state index >= 15 is 0 Å². The second kappa shape index (κ2) is 9.42. The quantitative estimate of drug-likeness (QED) is 0.586. The molecule has 1 heterocycles. The fourth-order valence-corrected chi connectivity index (χ4v) is 4.29. The van der Waals surface area contributed by atoms with E-state index in [1.807, 2.05) is 0 Å². The molecule has 0 spiro atoms. The molecule has 0 bridgehead atoms. The maximum Gasteiger partial charge on any atom is 0.193 e. The van der Waals surface area contributed by atoms with Crippen LogP contribution in [0, 0.1) is 0 Å². The van der Waals surface area contributed by atoms with Crippen LogP contribution >= 0.6 is 0 Å². The van der Waals surface area contributed by atoms with Crippen LogP contribution in [0.15, 0.2) is 47.5 Å². The van der Waals surface area contributed by atoms with Crippen LogP contribution in [0.4, 0.5) is 5.69 Å². The summed E-state index contributed by atoms with van der Waals surface area (Å²) in [6.45, 7) is 9.70. The molecule has 29 heavy (non-hydrogen) atoms. The van der Waals surface area contributed by atoms with Gasteiger partial charge in [0, 0.05) is 38.4 Å². The van der Waals surface area contributed by atoms with Crippen molar-refractivity contribution < 1.29 is 0 Å². The van der Waals surface area contributed by atoms with Gasteiger partial charge in [-0.2, -0.15) is 0 Å². The minimum atomic E-state index is 0.473. The number of benzene rings is 2. The molecule has 5 nitrogen and oxygen atoms in total. The van der Waals surface area contributed by atoms with Gasteiger partial charge in [-0.25, -0.2) is 4.99 Å². The highest BCUT2D eigenvalue weighted by Gasteiger charge is 2.15. The number of rotatable bonds is 6. The zero-order valence-corrected chi connectivity index (χ0v) is 17.5. The Bertz CT molecular complexity index is 835. The fourth-order valence-electron chi connectivity index (χ4n) is 4.29. The van der Waals surface area contributed by atoms with Gasteiger partial charge in [0.2, 0.25) is 0 Å². The lowest BCUT2D eigenvalue weighted by Gasteiger charge is -2.34. The van der Waals surface area contributed by atoms with Crippen LogP contribution in [-0.4, -0.2) is 48.5 Å². The van der Waals surface area contributed by atoms with Crippen LogP contribution in [0.1, 0.15) is 35.6 Å². The number of fused-ring (bicyclic) bond motifs is 1. The smallest absolute Gasteiger partial charge is 0.193 e. The molecule has 0 atom stereocenters. The van der Waals surface area contributed by atoms with Crippen molar-refractivity contribution in [2.45, 2.75) is 39.3 Å². The Morgan fingerprint density at radius 3 is 2.38 bits per heavy atom. The van der Waals surface area contributed by atoms with Crippen molar-refractivity contribution in [1.82, 2.24) is 9.80 Å². The van der Waals surface area contributed by atoms with Gasteiger partial charge in [0.05, 0.1) is 6.54 Å². The van der Waals surface area contributed by atoms with Crippen molar-refractivity contribution >= 4 is 11.6 Å². The number of aryl methyl sites for hydroxylation is 2. The Balaban J connectivity index is 1.27. The molecule has 2 aromatic carbocycles. The number of nitrogens with one attached hydrogen (secondary N) is 1. The number of aliphatic imine (C=N–C) groups is 1. The Kier molecular flexibility index (Phi) is 6.47. The molecule has 1 fully saturated rings. The molecule has 2 aliphatic rings. The largest absolute Gasteiger partial charge is 0.370 e. The van der Waals surface area contributed by atoms with Crippen LogP contribution in [0.3, 0.4) is 0 Å². The molecule has 0 saturated carbocycles. The van der Waals surface area contributed by atoms with Gasteiger partial charge >= 0.3 is 0 Å². The van der Waals surface area contributed by atoms with Gasteiger partial charge in [-0.3, -0.25) is 4.90 Å². The minimum absolute atomic E-state index is 0.473. The van der Waals surface area contributed by atoms with E-state index in [4.69, 9.17) is 5.73 Å². The van der Waals surface area contributed by atoms with Gasteiger partial charge < -0.3 is 16.0 Å². The molecule has 1 aliphatic carbocycles. The number of piperazine rings is 1. The number of hydrogen-bond acceptors (Lipinski definition) is 3. The van der Waals surface area contributed by atoms with Crippen molar-refractivity contribution in [2.75, 3.05) is 38.0 Å². The van der Waals surface area contributed by atoms with E-state index in [2.05, 4.69) is 69.5 Å². The summed E-state index contributed by atoms with van der Waals surface area (Å²) in [7, 11) is 0. The fraction of sp³-hybridized carbons (Fsp3) is 0.458. The molecule has 1 aliphatic heterocycles. The van der Waals surface area contributed by atoms with Gasteiger partial charge in [0.15, 0.2) is 5.96 Å². The minimum Gasteiger partial charge on any atom is -0.370 e. The van der Waals surface area contributed by atoms with E-state index in [1.165, 1.54) is 54.6 Å². The Morgan fingerprint density at radius 2 is 1.62 bits per heavy atom. The van der Waals surface area contributed by atoms with Crippen molar-refractivity contribution in [3.8, 4) is 0 Å². The summed E-state index contributed by atoms with van der Waals surface area (Å²) >= 11 is 0. The number of nitrogens with two attached hydrogens (primary N) is 1. The molecule has 1 saturated heterocycles. The summed E-state index contributed by atoms with van der Waals surface area (Å²) in [4.78, 5) is 9.57. The third-order valence-corrected chi connectivity index (χ3v) is 6.14. The van der Waals surface area contributed by atoms with E-state index in [1.54, 1.807) is 0 Å². The lowest BCUT2D eigenvalue weighted by Crippen LogP contribution is -2.45. The van der Waals surface area contributed by atoms with Crippen LogP contribution < -0.4 is 11.1 Å². The highest BCUT2D eigenvalue weighted by atomic mass is 15.3. The van der Waals surface area contributed by atoms with E-state index in [0.717, 1.165) is 31.9 Å². The van der Waals surface area contributed by atoms with Crippen LogP contribution in [0.25, 0.3) is 0 Å². The number of anilines is 1. The molecule has 4 rings (SSSR count). The molecule has 2 aromatic rings. The van der Waals surface area contributed by atoms with Gasteiger partial charge in [0.1, 0.15) is 0 Å². The van der Waals surface area contributed by atoms with Crippen molar-refractivity contribution in [2.24, 2.45) is 10.7 Å². The van der Waals surface area contributed by atoms with E-state index < -0.39 is 0 Å². The lowest BCUT2D eigenvalue weighted by molar-refractivity contribution is 0.132. The maximum atomic E-state index is 6.10. The van der Waals surface area contributed by atoms with Gasteiger partial charge in [-0.05, 0) is 60.2 Å². The van der Waals surface area contributed by atoms with Crippen molar-refractivity contribution in [3.63, 3.8) is 0 Å². The Morgan fingerprint density at radius 1 is 0.931 bits per heavy atom. The Hall–Kier alpha value is -2.37. The summed E-state index contributed by atoms with van der Waals surface area (Å²) in [5, 5.41) is 3.23. The number of nitrogens with zero attached hydrogens (tertiary/aromatic N) is 3. The summed E-state index contributed by atoms with van der Waals surface area (Å²) in [6.07, 6.45) is 3.62. The molecule has 154 valence electrons. The first-order valence-corrected chi connectivity index (χ1v) is 10.9. The first-order valence-electron chi connectivity index (χ1n) is 10.9. The standard InChI is InChI=1S/C24H33N5/c1-2-28-12-14-29(15-13-28)18-20-8-6-19(7-9-20)17-26-24(25)27-23-11-10-21-4-3-5-22(21)16-23/h6-11,16H,2-5,12-15,17-18H2,1H3,(H3,25,26,27). The zero-order valence-electron chi connectivity index (χ0n) is 17.5. The number of guanidine groups is 1. The zero-order chi connectivity index (χ0) is 20.1. The first-order chi connectivity index (χ1) is 14.2. The van der Waals surface area contributed by atoms with Crippen LogP contribution in [0.2, 0.25) is 0 Å². The molecular formula is C24H33N5. The average molecular weight is 392 g/mol. The monoisotopic (exact) mass is 391 g/mol. The molecule has 5 heteroatoms. The highest BCUT2D eigenvalue weighted by Crippen LogP contribution is 2.24. The highest BCUT2D eigenvalue weighted by molar-refractivity contribution is 5.92. The predicted octanol–water partition coefficient (Wildman–Crippen LogP) is 3.24. The number of hydrogen-bond donors (Lipinski definition) is 2. The molecular weight excluding hydrogens is 358 g/mol. The van der Waals surface area contributed by atoms with Crippen molar-refractivity contribution in [3.05, 3.63) is 64.7 Å². The van der Waals surface area contributed by atoms with E-state index in [-0.39, 0.29) is 0 Å². The summed E-state index contributed by atoms with van der Waals surface area (Å²) < 4.78 is 0. The topological polar surface area (TPSA) is 56.9 Å². The first kappa shape index (κ1) is 19.9.